The van der Waals surface area contributed by atoms with Crippen molar-refractivity contribution >= 4 is 13.3 Å². The van der Waals surface area contributed by atoms with Crippen molar-refractivity contribution in [2.75, 3.05) is 0 Å². The van der Waals surface area contributed by atoms with Gasteiger partial charge in [0.25, 0.3) is 0 Å². The van der Waals surface area contributed by atoms with Crippen molar-refractivity contribution in [1.29, 1.82) is 0 Å². The van der Waals surface area contributed by atoms with E-state index in [9.17, 15) is 0 Å². The highest BCUT2D eigenvalue weighted by Gasteiger charge is 1.74. The van der Waals surface area contributed by atoms with E-state index in [0.717, 1.165) is 0 Å². The van der Waals surface area contributed by atoms with Crippen LogP contribution in [0.2, 0.25) is 0 Å². The number of nitrogens with zero attached hydrogens (tertiary/aromatic N) is 1. The van der Waals surface area contributed by atoms with Gasteiger partial charge in [-0.3, -0.25) is 5.10 Å². The van der Waals surface area contributed by atoms with E-state index in [2.05, 4.69) is 10.2 Å². The molecule has 0 aliphatic rings. The summed E-state index contributed by atoms with van der Waals surface area (Å²) in [5.74, 6) is 0. The minimum atomic E-state index is 0.676. The third-order valence-corrected chi connectivity index (χ3v) is 0.519. The largest absolute Gasteiger partial charge is 0.286 e. The Morgan fingerprint density at radius 1 is 1.83 bits per heavy atom. The molecule has 0 aliphatic carbocycles. The summed E-state index contributed by atoms with van der Waals surface area (Å²) < 4.78 is 0. The normalized spacial score (nSPS) is 8.67. The minimum absolute atomic E-state index is 0.676. The second-order valence-corrected chi connectivity index (χ2v) is 1.03. The van der Waals surface area contributed by atoms with Crippen LogP contribution in [-0.4, -0.2) is 18.0 Å². The Morgan fingerprint density at radius 3 is 2.83 bits per heavy atom. The summed E-state index contributed by atoms with van der Waals surface area (Å²) in [6, 6.07) is 0. The molecule has 0 atom stereocenters. The van der Waals surface area contributed by atoms with Gasteiger partial charge in [-0.1, -0.05) is 5.46 Å². The Balaban J connectivity index is 3.05. The summed E-state index contributed by atoms with van der Waals surface area (Å²) in [4.78, 5) is 0. The SMILES string of the molecule is [B]c1cn[nH]c1. The zero-order chi connectivity index (χ0) is 4.41. The highest BCUT2D eigenvalue weighted by Crippen LogP contribution is 1.59. The summed E-state index contributed by atoms with van der Waals surface area (Å²) in [6.45, 7) is 0. The van der Waals surface area contributed by atoms with Crippen LogP contribution in [0.5, 0.6) is 0 Å². The molecule has 0 unspecified atom stereocenters. The lowest BCUT2D eigenvalue weighted by atomic mass is 10.0. The minimum Gasteiger partial charge on any atom is -0.286 e. The van der Waals surface area contributed by atoms with Gasteiger partial charge in [-0.05, 0) is 0 Å². The number of rotatable bonds is 0. The smallest absolute Gasteiger partial charge is 0.118 e. The number of aromatic amines is 1. The topological polar surface area (TPSA) is 28.7 Å². The molecule has 0 fully saturated rings. The fraction of sp³-hybridized carbons (Fsp3) is 0. The van der Waals surface area contributed by atoms with Crippen molar-refractivity contribution in [2.24, 2.45) is 0 Å². The van der Waals surface area contributed by atoms with Gasteiger partial charge < -0.3 is 0 Å². The lowest BCUT2D eigenvalue weighted by Gasteiger charge is -1.62. The van der Waals surface area contributed by atoms with E-state index < -0.39 is 0 Å². The number of aromatic nitrogens is 2. The van der Waals surface area contributed by atoms with Crippen molar-refractivity contribution in [3.05, 3.63) is 12.4 Å². The summed E-state index contributed by atoms with van der Waals surface area (Å²) in [6.07, 6.45) is 3.18. The first-order valence-electron chi connectivity index (χ1n) is 1.64. The summed E-state index contributed by atoms with van der Waals surface area (Å²) in [7, 11) is 5.18. The third kappa shape index (κ3) is 0.430. The summed E-state index contributed by atoms with van der Waals surface area (Å²) >= 11 is 0. The summed E-state index contributed by atoms with van der Waals surface area (Å²) in [5, 5.41) is 6.13. The van der Waals surface area contributed by atoms with E-state index in [0.29, 0.717) is 5.46 Å². The van der Waals surface area contributed by atoms with Gasteiger partial charge in [-0.25, -0.2) is 0 Å². The Kier molecular flexibility index (Phi) is 0.672. The van der Waals surface area contributed by atoms with Gasteiger partial charge >= 0.3 is 0 Å². The van der Waals surface area contributed by atoms with Gasteiger partial charge in [0.2, 0.25) is 0 Å². The molecule has 2 radical (unpaired) electrons. The molecular formula is C3H3BN2. The molecule has 1 aromatic rings. The van der Waals surface area contributed by atoms with Gasteiger partial charge in [0, 0.05) is 12.4 Å². The first kappa shape index (κ1) is 3.46. The molecule has 1 aromatic heterocycles. The van der Waals surface area contributed by atoms with Crippen LogP contribution in [0.15, 0.2) is 12.4 Å². The molecule has 0 spiro atoms. The first-order chi connectivity index (χ1) is 2.89. The van der Waals surface area contributed by atoms with Crippen LogP contribution in [0.4, 0.5) is 0 Å². The molecule has 28 valence electrons. The Hall–Kier alpha value is -0.725. The molecule has 0 amide bonds. The lowest BCUT2D eigenvalue weighted by Crippen LogP contribution is -1.93. The monoisotopic (exact) mass is 78.0 g/mol. The van der Waals surface area contributed by atoms with Crippen LogP contribution in [0.25, 0.3) is 0 Å². The number of nitrogens with one attached hydrogen (secondary N) is 1. The van der Waals surface area contributed by atoms with Gasteiger partial charge in [0.1, 0.15) is 7.85 Å². The second-order valence-electron chi connectivity index (χ2n) is 1.03. The summed E-state index contributed by atoms with van der Waals surface area (Å²) in [5.41, 5.74) is 0.676. The molecule has 0 saturated heterocycles. The average molecular weight is 77.9 g/mol. The predicted molar refractivity (Wildman–Crippen MR) is 24.0 cm³/mol. The van der Waals surface area contributed by atoms with Gasteiger partial charge in [0.05, 0.1) is 0 Å². The number of hydrogen-bond acceptors (Lipinski definition) is 1. The molecular weight excluding hydrogens is 74.9 g/mol. The van der Waals surface area contributed by atoms with Crippen LogP contribution in [0.3, 0.4) is 0 Å². The molecule has 2 nitrogen and oxygen atoms in total. The second kappa shape index (κ2) is 1.16. The molecule has 0 bridgehead atoms. The van der Waals surface area contributed by atoms with Crippen molar-refractivity contribution in [1.82, 2.24) is 10.2 Å². The third-order valence-electron chi connectivity index (χ3n) is 0.519. The highest BCUT2D eigenvalue weighted by molar-refractivity contribution is 6.31. The fourth-order valence-corrected chi connectivity index (χ4v) is 0.261. The zero-order valence-corrected chi connectivity index (χ0v) is 3.18. The quantitative estimate of drug-likeness (QED) is 0.404. The molecule has 1 N–H and O–H groups in total. The predicted octanol–water partition coefficient (Wildman–Crippen LogP) is -0.797. The van der Waals surface area contributed by atoms with Gasteiger partial charge in [-0.2, -0.15) is 5.10 Å². The fourth-order valence-electron chi connectivity index (χ4n) is 0.261. The van der Waals surface area contributed by atoms with E-state index >= 15 is 0 Å². The standard InChI is InChI=1S/C3H3BN2/c4-3-1-5-6-2-3/h1-2H,(H,5,6). The molecule has 1 rings (SSSR count). The molecule has 3 heteroatoms. The maximum atomic E-state index is 5.18. The molecule has 6 heavy (non-hydrogen) atoms. The molecule has 0 aliphatic heterocycles. The van der Waals surface area contributed by atoms with Crippen LogP contribution in [0.1, 0.15) is 0 Å². The maximum Gasteiger partial charge on any atom is 0.118 e. The Morgan fingerprint density at radius 2 is 2.67 bits per heavy atom. The molecule has 0 aromatic carbocycles. The van der Waals surface area contributed by atoms with E-state index in [1.54, 1.807) is 12.4 Å². The Labute approximate surface area is 37.0 Å². The Bertz CT molecular complexity index is 112. The van der Waals surface area contributed by atoms with Crippen molar-refractivity contribution in [3.63, 3.8) is 0 Å². The van der Waals surface area contributed by atoms with Crippen molar-refractivity contribution in [3.8, 4) is 0 Å². The van der Waals surface area contributed by atoms with Crippen LogP contribution < -0.4 is 5.46 Å². The van der Waals surface area contributed by atoms with Crippen molar-refractivity contribution in [2.45, 2.75) is 0 Å². The zero-order valence-electron chi connectivity index (χ0n) is 3.18. The molecule has 0 saturated carbocycles. The van der Waals surface area contributed by atoms with Crippen LogP contribution in [0, 0.1) is 0 Å². The van der Waals surface area contributed by atoms with Gasteiger partial charge in [0.15, 0.2) is 0 Å². The van der Waals surface area contributed by atoms with Crippen molar-refractivity contribution < 1.29 is 0 Å². The maximum absolute atomic E-state index is 5.18. The van der Waals surface area contributed by atoms with Crippen LogP contribution >= 0.6 is 0 Å². The van der Waals surface area contributed by atoms with Crippen LogP contribution in [-0.2, 0) is 0 Å². The highest BCUT2D eigenvalue weighted by atomic mass is 15.1. The van der Waals surface area contributed by atoms with E-state index in [4.69, 9.17) is 7.85 Å². The lowest BCUT2D eigenvalue weighted by molar-refractivity contribution is 1.09. The first-order valence-corrected chi connectivity index (χ1v) is 1.64. The number of H-pyrrole nitrogens is 1. The molecule has 1 heterocycles. The van der Waals surface area contributed by atoms with Gasteiger partial charge in [-0.15, -0.1) is 0 Å². The van der Waals surface area contributed by atoms with E-state index in [1.807, 2.05) is 0 Å². The van der Waals surface area contributed by atoms with E-state index in [1.165, 1.54) is 0 Å². The average Bonchev–Trinajstić information content (AvgIpc) is 1.86. The van der Waals surface area contributed by atoms with E-state index in [-0.39, 0.29) is 0 Å². The number of hydrogen-bond donors (Lipinski definition) is 1.